The molecule has 24 heavy (non-hydrogen) atoms. The summed E-state index contributed by atoms with van der Waals surface area (Å²) >= 11 is 0. The van der Waals surface area contributed by atoms with Gasteiger partial charge in [0.05, 0.1) is 5.71 Å². The molecule has 8 nitrogen and oxygen atoms in total. The van der Waals surface area contributed by atoms with Crippen LogP contribution in [0.2, 0.25) is 0 Å². The molecule has 1 aromatic rings. The summed E-state index contributed by atoms with van der Waals surface area (Å²) in [7, 11) is -4.76. The second-order valence-electron chi connectivity index (χ2n) is 5.43. The van der Waals surface area contributed by atoms with Gasteiger partial charge in [0.15, 0.2) is 5.79 Å². The molecule has 0 saturated carbocycles. The number of phenolic OH excluding ortho intramolecular Hbond substituents is 1. The van der Waals surface area contributed by atoms with Gasteiger partial charge in [0, 0.05) is 18.4 Å². The number of hydrogen-bond donors (Lipinski definition) is 6. The van der Waals surface area contributed by atoms with E-state index in [-0.39, 0.29) is 42.1 Å². The zero-order valence-corrected chi connectivity index (χ0v) is 13.5. The molecule has 9 heteroatoms. The van der Waals surface area contributed by atoms with E-state index >= 15 is 0 Å². The number of phenols is 1. The van der Waals surface area contributed by atoms with E-state index in [1.54, 1.807) is 12.1 Å². The predicted molar refractivity (Wildman–Crippen MR) is 86.5 cm³/mol. The topological polar surface area (TPSA) is 151 Å². The van der Waals surface area contributed by atoms with Crippen molar-refractivity contribution in [3.8, 4) is 5.75 Å². The summed E-state index contributed by atoms with van der Waals surface area (Å²) in [6.07, 6.45) is 2.17. The lowest BCUT2D eigenvalue weighted by atomic mass is 9.90. The highest BCUT2D eigenvalue weighted by molar-refractivity contribution is 7.50. The molecule has 0 bridgehead atoms. The fraction of sp³-hybridized carbons (Fsp3) is 0.267. The summed E-state index contributed by atoms with van der Waals surface area (Å²) in [4.78, 5) is 18.0. The molecule has 1 aliphatic rings. The minimum atomic E-state index is -4.76. The van der Waals surface area contributed by atoms with Crippen molar-refractivity contribution < 1.29 is 34.8 Å². The Balaban J connectivity index is 2.23. The van der Waals surface area contributed by atoms with Crippen molar-refractivity contribution >= 4 is 13.5 Å². The van der Waals surface area contributed by atoms with Crippen LogP contribution in [0, 0.1) is 0 Å². The van der Waals surface area contributed by atoms with Crippen molar-refractivity contribution in [2.75, 3.05) is 0 Å². The van der Waals surface area contributed by atoms with Crippen molar-refractivity contribution in [1.29, 1.82) is 0 Å². The van der Waals surface area contributed by atoms with Gasteiger partial charge in [-0.2, -0.15) is 4.76 Å². The number of nitrogens with zero attached hydrogens (tertiary/aromatic N) is 1. The molecule has 0 radical (unpaired) electrons. The van der Waals surface area contributed by atoms with E-state index < -0.39 is 13.5 Å². The fourth-order valence-corrected chi connectivity index (χ4v) is 2.82. The third-order valence-electron chi connectivity index (χ3n) is 3.49. The Labute approximate surface area is 138 Å². The minimum absolute atomic E-state index is 0.0825. The van der Waals surface area contributed by atoms with E-state index in [1.807, 2.05) is 0 Å². The first kappa shape index (κ1) is 18.4. The molecule has 0 fully saturated rings. The Morgan fingerprint density at radius 2 is 1.75 bits per heavy atom. The minimum Gasteiger partial charge on any atom is -0.508 e. The zero-order valence-electron chi connectivity index (χ0n) is 12.6. The average Bonchev–Trinajstić information content (AvgIpc) is 2.47. The lowest BCUT2D eigenvalue weighted by molar-refractivity contribution is -0.128. The Morgan fingerprint density at radius 3 is 2.33 bits per heavy atom. The van der Waals surface area contributed by atoms with Crippen molar-refractivity contribution in [2.45, 2.75) is 25.0 Å². The van der Waals surface area contributed by atoms with Gasteiger partial charge in [-0.3, -0.25) is 0 Å². The van der Waals surface area contributed by atoms with Crippen LogP contribution >= 0.6 is 7.75 Å². The van der Waals surface area contributed by atoms with E-state index in [1.165, 1.54) is 18.2 Å². The van der Waals surface area contributed by atoms with E-state index in [0.717, 1.165) is 11.6 Å². The smallest absolute Gasteiger partial charge is 0.448 e. The van der Waals surface area contributed by atoms with Gasteiger partial charge in [0.25, 0.3) is 0 Å². The van der Waals surface area contributed by atoms with Crippen LogP contribution in [0.15, 0.2) is 52.5 Å². The molecular weight excluding hydrogens is 337 g/mol. The van der Waals surface area contributed by atoms with Crippen LogP contribution in [0.25, 0.3) is 0 Å². The third-order valence-corrected chi connectivity index (χ3v) is 3.99. The summed E-state index contributed by atoms with van der Waals surface area (Å²) in [6, 6.07) is 6.15. The number of benzene rings is 1. The molecule has 6 N–H and O–H groups in total. The van der Waals surface area contributed by atoms with Gasteiger partial charge in [-0.1, -0.05) is 12.1 Å². The number of aryl methyl sites for hydroxylation is 1. The van der Waals surface area contributed by atoms with E-state index in [0.29, 0.717) is 0 Å². The molecule has 0 unspecified atom stereocenters. The van der Waals surface area contributed by atoms with Crippen molar-refractivity contribution in [1.82, 2.24) is 0 Å². The lowest BCUT2D eigenvalue weighted by Crippen LogP contribution is -2.36. The maximum absolute atomic E-state index is 11.1. The summed E-state index contributed by atoms with van der Waals surface area (Å²) in [5.74, 6) is -2.60. The molecule has 0 spiro atoms. The molecule has 130 valence electrons. The number of aliphatic hydroxyl groups excluding tert-OH is 1. The highest BCUT2D eigenvalue weighted by Crippen LogP contribution is 2.39. The Hall–Kier alpha value is -1.96. The molecule has 0 heterocycles. The predicted octanol–water partition coefficient (Wildman–Crippen LogP) is 1.31. The number of hydrogen-bond acceptors (Lipinski definition) is 5. The summed E-state index contributed by atoms with van der Waals surface area (Å²) in [6.45, 7) is 0. The molecule has 1 aromatic carbocycles. The monoisotopic (exact) mass is 355 g/mol. The molecular formula is C15H18NO7P. The maximum atomic E-state index is 11.1. The van der Waals surface area contributed by atoms with Crippen LogP contribution < -0.4 is 0 Å². The van der Waals surface area contributed by atoms with Crippen LogP contribution in [0.4, 0.5) is 0 Å². The third kappa shape index (κ3) is 5.02. The first-order valence-corrected chi connectivity index (χ1v) is 8.62. The number of aliphatic hydroxyl groups is 3. The highest BCUT2D eigenvalue weighted by atomic mass is 31.2. The van der Waals surface area contributed by atoms with Gasteiger partial charge in [-0.25, -0.2) is 4.57 Å². The number of aromatic hydroxyl groups is 1. The molecule has 0 amide bonds. The normalized spacial score (nSPS) is 17.6. The maximum Gasteiger partial charge on any atom is 0.448 e. The second kappa shape index (κ2) is 6.88. The van der Waals surface area contributed by atoms with Gasteiger partial charge in [-0.05, 0) is 36.3 Å². The molecule has 1 aliphatic carbocycles. The first-order valence-electron chi connectivity index (χ1n) is 7.06. The van der Waals surface area contributed by atoms with Gasteiger partial charge in [-0.15, -0.1) is 0 Å². The van der Waals surface area contributed by atoms with E-state index in [2.05, 4.69) is 4.76 Å². The van der Waals surface area contributed by atoms with E-state index in [4.69, 9.17) is 9.79 Å². The molecule has 0 aromatic heterocycles. The van der Waals surface area contributed by atoms with Crippen molar-refractivity contribution in [2.24, 2.45) is 4.76 Å². The van der Waals surface area contributed by atoms with E-state index in [9.17, 15) is 25.0 Å². The number of rotatable bonds is 5. The molecule has 2 rings (SSSR count). The van der Waals surface area contributed by atoms with Gasteiger partial charge < -0.3 is 30.2 Å². The van der Waals surface area contributed by atoms with Gasteiger partial charge in [0.2, 0.25) is 0 Å². The average molecular weight is 355 g/mol. The standard InChI is InChI=1S/C15H18NO7P/c17-11-3-1-10(2-4-11)7-8-15(19,20)13-9-12(18)5-6-14(13)16-24(21,22)23/h1-5,9,17-20H,6-8H2,(H2,21,22,23). The van der Waals surface area contributed by atoms with Crippen LogP contribution in [0.5, 0.6) is 5.75 Å². The summed E-state index contributed by atoms with van der Waals surface area (Å²) in [5, 5.41) is 39.4. The Morgan fingerprint density at radius 1 is 1.12 bits per heavy atom. The highest BCUT2D eigenvalue weighted by Gasteiger charge is 2.34. The van der Waals surface area contributed by atoms with Gasteiger partial charge in [0.1, 0.15) is 11.5 Å². The molecule has 0 saturated heterocycles. The second-order valence-corrected chi connectivity index (χ2v) is 6.66. The molecule has 0 atom stereocenters. The molecule has 0 aliphatic heterocycles. The Kier molecular flexibility index (Phi) is 5.27. The van der Waals surface area contributed by atoms with Crippen LogP contribution in [0.1, 0.15) is 18.4 Å². The van der Waals surface area contributed by atoms with Crippen LogP contribution in [-0.2, 0) is 11.0 Å². The zero-order chi connectivity index (χ0) is 18.0. The largest absolute Gasteiger partial charge is 0.508 e. The first-order chi connectivity index (χ1) is 11.1. The quantitative estimate of drug-likeness (QED) is 0.344. The van der Waals surface area contributed by atoms with Crippen LogP contribution in [0.3, 0.4) is 0 Å². The van der Waals surface area contributed by atoms with Gasteiger partial charge >= 0.3 is 7.75 Å². The lowest BCUT2D eigenvalue weighted by Gasteiger charge is -2.27. The fourth-order valence-electron chi connectivity index (χ4n) is 2.32. The van der Waals surface area contributed by atoms with Crippen molar-refractivity contribution in [3.05, 3.63) is 53.3 Å². The summed E-state index contributed by atoms with van der Waals surface area (Å²) < 4.78 is 14.3. The van der Waals surface area contributed by atoms with Crippen LogP contribution in [-0.4, -0.2) is 41.7 Å². The summed E-state index contributed by atoms with van der Waals surface area (Å²) in [5.41, 5.74) is 0.270. The number of allylic oxidation sites excluding steroid dienone is 2. The van der Waals surface area contributed by atoms with Crippen molar-refractivity contribution in [3.63, 3.8) is 0 Å². The SMILES string of the molecule is O=P(O)(O)N=C1CC=C(O)C=C1C(O)(O)CCc1ccc(O)cc1. The Bertz CT molecular complexity index is 744.